The van der Waals surface area contributed by atoms with Crippen molar-refractivity contribution in [3.63, 3.8) is 0 Å². The van der Waals surface area contributed by atoms with Gasteiger partial charge in [0.2, 0.25) is 0 Å². The Bertz CT molecular complexity index is 1500. The summed E-state index contributed by atoms with van der Waals surface area (Å²) in [7, 11) is 3.05. The minimum Gasteiger partial charge on any atom is -0.507 e. The van der Waals surface area contributed by atoms with Crippen molar-refractivity contribution in [3.8, 4) is 23.0 Å². The fourth-order valence-corrected chi connectivity index (χ4v) is 5.49. The second-order valence-electron chi connectivity index (χ2n) is 11.4. The predicted molar refractivity (Wildman–Crippen MR) is 174 cm³/mol. The molecule has 11 nitrogen and oxygen atoms in total. The lowest BCUT2D eigenvalue weighted by Crippen LogP contribution is -2.03. The Hall–Kier alpha value is -4.74. The summed E-state index contributed by atoms with van der Waals surface area (Å²) in [5, 5.41) is 29.6. The molecule has 2 aromatic rings. The predicted octanol–water partition coefficient (Wildman–Crippen LogP) is 5.59. The van der Waals surface area contributed by atoms with E-state index in [4.69, 9.17) is 24.1 Å². The van der Waals surface area contributed by atoms with E-state index in [1.54, 1.807) is 14.0 Å². The molecule has 0 amide bonds. The Labute approximate surface area is 276 Å². The molecule has 4 rings (SSSR count). The van der Waals surface area contributed by atoms with Crippen molar-refractivity contribution < 1.29 is 53.4 Å². The van der Waals surface area contributed by atoms with Crippen LogP contribution in [0.15, 0.2) is 23.3 Å². The SMILES string of the molecule is COc1c(C)c2c(c(O)c1C/C=C(\C)CCC(=O)O)C(=O)OC2.COc1c(C)c2c(c(O)c1C/C=C(\C)CCC(C)=O)C(=O)OC2.[B]. The molecule has 0 aromatic heterocycles. The van der Waals surface area contributed by atoms with Crippen LogP contribution in [0.1, 0.15) is 101 Å². The van der Waals surface area contributed by atoms with Crippen LogP contribution >= 0.6 is 0 Å². The molecule has 3 radical (unpaired) electrons. The molecule has 2 aromatic carbocycles. The average molecular weight is 650 g/mol. The van der Waals surface area contributed by atoms with Gasteiger partial charge in [0.15, 0.2) is 0 Å². The molecule has 0 fully saturated rings. The van der Waals surface area contributed by atoms with Crippen LogP contribution in [-0.4, -0.2) is 61.6 Å². The van der Waals surface area contributed by atoms with Crippen LogP contribution in [0.25, 0.3) is 0 Å². The lowest BCUT2D eigenvalue weighted by atomic mass is 9.94. The van der Waals surface area contributed by atoms with Crippen molar-refractivity contribution in [3.05, 3.63) is 67.8 Å². The second-order valence-corrected chi connectivity index (χ2v) is 11.4. The summed E-state index contributed by atoms with van der Waals surface area (Å²) in [4.78, 5) is 45.3. The van der Waals surface area contributed by atoms with Crippen LogP contribution in [0.5, 0.6) is 23.0 Å². The summed E-state index contributed by atoms with van der Waals surface area (Å²) in [6, 6.07) is 0. The number of carboxylic acids is 1. The fourth-order valence-electron chi connectivity index (χ4n) is 5.49. The van der Waals surface area contributed by atoms with Crippen LogP contribution < -0.4 is 9.47 Å². The molecule has 0 bridgehead atoms. The highest BCUT2D eigenvalue weighted by atomic mass is 16.5. The number of benzene rings is 2. The van der Waals surface area contributed by atoms with Gasteiger partial charge in [0.25, 0.3) is 0 Å². The molecular formula is C35H42BO11. The number of fused-ring (bicyclic) bond motifs is 2. The number of allylic oxidation sites excluding steroid dienone is 4. The molecule has 0 unspecified atom stereocenters. The van der Waals surface area contributed by atoms with Crippen LogP contribution in [-0.2, 0) is 45.1 Å². The van der Waals surface area contributed by atoms with Gasteiger partial charge in [0.05, 0.1) is 14.2 Å². The number of phenols is 2. The smallest absolute Gasteiger partial charge is 0.342 e. The molecule has 0 saturated carbocycles. The van der Waals surface area contributed by atoms with Crippen molar-refractivity contribution in [1.29, 1.82) is 0 Å². The van der Waals surface area contributed by atoms with Crippen LogP contribution in [0.4, 0.5) is 0 Å². The Balaban J connectivity index is 0.000000320. The first-order valence-corrected chi connectivity index (χ1v) is 14.9. The molecule has 0 atom stereocenters. The van der Waals surface area contributed by atoms with Gasteiger partial charge in [-0.2, -0.15) is 0 Å². The highest BCUT2D eigenvalue weighted by molar-refractivity contribution is 5.98. The summed E-state index contributed by atoms with van der Waals surface area (Å²) >= 11 is 0. The van der Waals surface area contributed by atoms with Crippen molar-refractivity contribution in [2.75, 3.05) is 14.2 Å². The molecule has 47 heavy (non-hydrogen) atoms. The zero-order chi connectivity index (χ0) is 34.3. The highest BCUT2D eigenvalue weighted by Crippen LogP contribution is 2.43. The lowest BCUT2D eigenvalue weighted by molar-refractivity contribution is -0.137. The maximum absolute atomic E-state index is 11.8. The molecule has 0 aliphatic carbocycles. The van der Waals surface area contributed by atoms with Crippen LogP contribution in [0, 0.1) is 13.8 Å². The summed E-state index contributed by atoms with van der Waals surface area (Å²) in [5.41, 5.74) is 6.42. The number of aromatic hydroxyl groups is 2. The average Bonchev–Trinajstić information content (AvgIpc) is 3.60. The van der Waals surface area contributed by atoms with Gasteiger partial charge in [0.1, 0.15) is 53.1 Å². The molecule has 0 saturated heterocycles. The van der Waals surface area contributed by atoms with Gasteiger partial charge in [-0.25, -0.2) is 9.59 Å². The number of cyclic esters (lactones) is 2. The van der Waals surface area contributed by atoms with Crippen molar-refractivity contribution in [2.24, 2.45) is 0 Å². The van der Waals surface area contributed by atoms with Gasteiger partial charge < -0.3 is 39.1 Å². The number of phenolic OH excluding ortho intramolecular Hbond substituents is 2. The number of aliphatic carboxylic acids is 1. The number of hydrogen-bond acceptors (Lipinski definition) is 10. The molecule has 2 heterocycles. The van der Waals surface area contributed by atoms with E-state index >= 15 is 0 Å². The van der Waals surface area contributed by atoms with Crippen LogP contribution in [0.3, 0.4) is 0 Å². The van der Waals surface area contributed by atoms with Crippen LogP contribution in [0.2, 0.25) is 0 Å². The Kier molecular flexibility index (Phi) is 13.7. The van der Waals surface area contributed by atoms with Crippen molar-refractivity contribution in [1.82, 2.24) is 0 Å². The quantitative estimate of drug-likeness (QED) is 0.149. The summed E-state index contributed by atoms with van der Waals surface area (Å²) in [6.45, 7) is 9.33. The zero-order valence-electron chi connectivity index (χ0n) is 28.0. The molecular weight excluding hydrogens is 607 g/mol. The molecule has 2 aliphatic heterocycles. The van der Waals surface area contributed by atoms with E-state index in [0.717, 1.165) is 22.3 Å². The number of carbonyl (C=O) groups excluding carboxylic acids is 3. The van der Waals surface area contributed by atoms with E-state index in [1.807, 2.05) is 39.8 Å². The largest absolute Gasteiger partial charge is 0.507 e. The highest BCUT2D eigenvalue weighted by Gasteiger charge is 2.33. The van der Waals surface area contributed by atoms with E-state index in [1.165, 1.54) is 7.11 Å². The number of methoxy groups -OCH3 is 2. The molecule has 251 valence electrons. The second kappa shape index (κ2) is 16.7. The van der Waals surface area contributed by atoms with E-state index in [2.05, 4.69) is 0 Å². The van der Waals surface area contributed by atoms with E-state index in [0.29, 0.717) is 65.9 Å². The zero-order valence-corrected chi connectivity index (χ0v) is 28.0. The number of rotatable bonds is 12. The normalized spacial score (nSPS) is 13.4. The van der Waals surface area contributed by atoms with Crippen molar-refractivity contribution in [2.45, 2.75) is 86.4 Å². The number of carboxylic acid groups (broad SMARTS) is 1. The Morgan fingerprint density at radius 2 is 1.11 bits per heavy atom. The Morgan fingerprint density at radius 1 is 0.723 bits per heavy atom. The van der Waals surface area contributed by atoms with Gasteiger partial charge in [0, 0.05) is 43.5 Å². The van der Waals surface area contributed by atoms with Gasteiger partial charge in [-0.05, 0) is 71.4 Å². The minimum atomic E-state index is -0.853. The number of hydrogen-bond donors (Lipinski definition) is 3. The fraction of sp³-hybridized carbons (Fsp3) is 0.429. The third-order valence-electron chi connectivity index (χ3n) is 8.21. The summed E-state index contributed by atoms with van der Waals surface area (Å²) in [5.74, 6) is -0.814. The molecule has 3 N–H and O–H groups in total. The standard InChI is InChI=1S/C18H22O5.C17H20O6.B/c1-10(5-7-11(2)19)6-8-13-16(20)15-14(9-23-18(15)21)12(3)17(13)22-4;1-9(5-7-13(18)19)4-6-11-15(20)14-12(8-23-17(14)21)10(2)16(11)22-3;/h6,20H,5,7-9H2,1-4H3;4,20H,5-8H2,1-3H3,(H,18,19);/b10-6+;9-4+;. The molecule has 12 heteroatoms. The number of esters is 2. The first-order chi connectivity index (χ1) is 21.7. The first-order valence-electron chi connectivity index (χ1n) is 14.9. The topological polar surface area (TPSA) is 166 Å². The molecule has 0 spiro atoms. The van der Waals surface area contributed by atoms with Gasteiger partial charge in [-0.1, -0.05) is 23.3 Å². The Morgan fingerprint density at radius 3 is 1.45 bits per heavy atom. The number of carbonyl (C=O) groups is 4. The van der Waals surface area contributed by atoms with E-state index in [9.17, 15) is 29.4 Å². The minimum absolute atomic E-state index is 0. The number of ether oxygens (including phenoxy) is 4. The summed E-state index contributed by atoms with van der Waals surface area (Å²) < 4.78 is 20.9. The van der Waals surface area contributed by atoms with Gasteiger partial charge in [-0.3, -0.25) is 4.79 Å². The van der Waals surface area contributed by atoms with Crippen molar-refractivity contribution >= 4 is 32.1 Å². The molecule has 2 aliphatic rings. The third-order valence-corrected chi connectivity index (χ3v) is 8.21. The van der Waals surface area contributed by atoms with E-state index < -0.39 is 17.9 Å². The third kappa shape index (κ3) is 8.75. The lowest BCUT2D eigenvalue weighted by Gasteiger charge is -2.15. The number of Topliss-reactive ketones (excluding diaryl/α,β-unsaturated/α-hetero) is 1. The van der Waals surface area contributed by atoms with Gasteiger partial charge in [-0.15, -0.1) is 0 Å². The maximum atomic E-state index is 11.8. The van der Waals surface area contributed by atoms with E-state index in [-0.39, 0.29) is 56.5 Å². The first kappa shape index (κ1) is 38.4. The summed E-state index contributed by atoms with van der Waals surface area (Å²) in [6.07, 6.45) is 6.25. The number of ketones is 1. The van der Waals surface area contributed by atoms with Gasteiger partial charge >= 0.3 is 17.9 Å². The maximum Gasteiger partial charge on any atom is 0.342 e. The monoisotopic (exact) mass is 649 g/mol.